The molecule has 1 aromatic heterocycles. The second kappa shape index (κ2) is 4.32. The van der Waals surface area contributed by atoms with Gasteiger partial charge in [-0.05, 0) is 74.2 Å². The fraction of sp³-hybridized carbons (Fsp3) is 0.812. The molecule has 5 rings (SSSR count). The second-order valence-electron chi connectivity index (χ2n) is 7.33. The molecule has 1 heterocycles. The van der Waals surface area contributed by atoms with Gasteiger partial charge in [-0.15, -0.1) is 0 Å². The predicted molar refractivity (Wildman–Crippen MR) is 72.5 cm³/mol. The van der Waals surface area contributed by atoms with Gasteiger partial charge in [0.1, 0.15) is 6.67 Å². The Hall–Kier alpha value is -0.860. The molecule has 3 heteroatoms. The summed E-state index contributed by atoms with van der Waals surface area (Å²) >= 11 is 0. The van der Waals surface area contributed by atoms with Crippen molar-refractivity contribution in [3.05, 3.63) is 18.0 Å². The van der Waals surface area contributed by atoms with Gasteiger partial charge >= 0.3 is 0 Å². The zero-order chi connectivity index (χ0) is 12.9. The van der Waals surface area contributed by atoms with Gasteiger partial charge in [-0.3, -0.25) is 4.68 Å². The second-order valence-corrected chi connectivity index (χ2v) is 7.33. The average molecular weight is 262 g/mol. The molecule has 4 saturated carbocycles. The molecule has 4 fully saturated rings. The van der Waals surface area contributed by atoms with E-state index in [-0.39, 0.29) is 6.67 Å². The number of halogens is 1. The molecule has 0 atom stereocenters. The number of rotatable bonds is 4. The average Bonchev–Trinajstić information content (AvgIpc) is 2.74. The quantitative estimate of drug-likeness (QED) is 0.810. The zero-order valence-electron chi connectivity index (χ0n) is 11.5. The lowest BCUT2D eigenvalue weighted by atomic mass is 9.48. The highest BCUT2D eigenvalue weighted by Crippen LogP contribution is 2.60. The van der Waals surface area contributed by atoms with Gasteiger partial charge in [0.25, 0.3) is 0 Å². The summed E-state index contributed by atoms with van der Waals surface area (Å²) in [7, 11) is 0. The minimum Gasteiger partial charge on any atom is -0.267 e. The number of hydrogen-bond donors (Lipinski definition) is 0. The van der Waals surface area contributed by atoms with Gasteiger partial charge < -0.3 is 0 Å². The SMILES string of the molecule is FCCn1nccc1CC12CC3CC(CC(C3)C1)C2. The normalized spacial score (nSPS) is 39.9. The summed E-state index contributed by atoms with van der Waals surface area (Å²) in [6.07, 6.45) is 11.7. The van der Waals surface area contributed by atoms with Gasteiger partial charge in [0.2, 0.25) is 0 Å². The Morgan fingerprint density at radius 3 is 2.37 bits per heavy atom. The molecular weight excluding hydrogens is 239 g/mol. The van der Waals surface area contributed by atoms with E-state index in [1.54, 1.807) is 0 Å². The number of aromatic nitrogens is 2. The summed E-state index contributed by atoms with van der Waals surface area (Å²) in [5, 5.41) is 4.28. The third kappa shape index (κ3) is 2.02. The molecule has 0 aromatic carbocycles. The number of alkyl halides is 1. The van der Waals surface area contributed by atoms with Crippen LogP contribution in [0, 0.1) is 23.2 Å². The van der Waals surface area contributed by atoms with Crippen molar-refractivity contribution in [2.45, 2.75) is 51.5 Å². The first-order valence-corrected chi connectivity index (χ1v) is 7.83. The largest absolute Gasteiger partial charge is 0.267 e. The molecule has 104 valence electrons. The standard InChI is InChI=1S/C16H23FN2/c17-2-4-19-15(1-3-18-19)11-16-8-12-5-13(9-16)7-14(6-12)10-16/h1,3,12-14H,2,4-11H2. The molecule has 4 aliphatic rings. The van der Waals surface area contributed by atoms with Crippen LogP contribution in [0.2, 0.25) is 0 Å². The summed E-state index contributed by atoms with van der Waals surface area (Å²) in [6, 6.07) is 2.11. The van der Waals surface area contributed by atoms with Crippen molar-refractivity contribution in [1.82, 2.24) is 9.78 Å². The summed E-state index contributed by atoms with van der Waals surface area (Å²) in [6.45, 7) is 0.115. The maximum absolute atomic E-state index is 12.6. The van der Waals surface area contributed by atoms with Crippen molar-refractivity contribution < 1.29 is 4.39 Å². The van der Waals surface area contributed by atoms with E-state index in [0.717, 1.165) is 24.2 Å². The molecule has 0 unspecified atom stereocenters. The van der Waals surface area contributed by atoms with Crippen LogP contribution in [0.4, 0.5) is 4.39 Å². The fourth-order valence-corrected chi connectivity index (χ4v) is 5.68. The lowest BCUT2D eigenvalue weighted by Crippen LogP contribution is -2.47. The van der Waals surface area contributed by atoms with Crippen LogP contribution in [-0.2, 0) is 13.0 Å². The molecule has 4 bridgehead atoms. The lowest BCUT2D eigenvalue weighted by molar-refractivity contribution is -0.0531. The van der Waals surface area contributed by atoms with Crippen LogP contribution in [-0.4, -0.2) is 16.5 Å². The number of hydrogen-bond acceptors (Lipinski definition) is 1. The van der Waals surface area contributed by atoms with Gasteiger partial charge in [-0.2, -0.15) is 5.10 Å². The summed E-state index contributed by atoms with van der Waals surface area (Å²) in [4.78, 5) is 0. The fourth-order valence-electron chi connectivity index (χ4n) is 5.68. The van der Waals surface area contributed by atoms with E-state index in [1.165, 1.54) is 44.2 Å². The summed E-state index contributed by atoms with van der Waals surface area (Å²) < 4.78 is 14.5. The van der Waals surface area contributed by atoms with E-state index >= 15 is 0 Å². The molecule has 1 aromatic rings. The van der Waals surface area contributed by atoms with Gasteiger partial charge in [-0.25, -0.2) is 4.39 Å². The Bertz CT molecular complexity index is 430. The molecular formula is C16H23FN2. The third-order valence-electron chi connectivity index (χ3n) is 5.82. The van der Waals surface area contributed by atoms with E-state index in [9.17, 15) is 4.39 Å². The van der Waals surface area contributed by atoms with Crippen molar-refractivity contribution in [2.24, 2.45) is 23.2 Å². The zero-order valence-corrected chi connectivity index (χ0v) is 11.5. The highest BCUT2D eigenvalue weighted by Gasteiger charge is 2.50. The highest BCUT2D eigenvalue weighted by atomic mass is 19.1. The maximum Gasteiger partial charge on any atom is 0.109 e. The Kier molecular flexibility index (Phi) is 2.71. The molecule has 19 heavy (non-hydrogen) atoms. The van der Waals surface area contributed by atoms with E-state index < -0.39 is 0 Å². The molecule has 0 aliphatic heterocycles. The van der Waals surface area contributed by atoms with E-state index in [2.05, 4.69) is 11.2 Å². The van der Waals surface area contributed by atoms with Crippen molar-refractivity contribution in [3.63, 3.8) is 0 Å². The van der Waals surface area contributed by atoms with Gasteiger partial charge in [0, 0.05) is 11.9 Å². The van der Waals surface area contributed by atoms with Crippen LogP contribution >= 0.6 is 0 Å². The molecule has 0 spiro atoms. The first-order valence-electron chi connectivity index (χ1n) is 7.83. The van der Waals surface area contributed by atoms with Gasteiger partial charge in [-0.1, -0.05) is 0 Å². The van der Waals surface area contributed by atoms with Crippen LogP contribution in [0.15, 0.2) is 12.3 Å². The van der Waals surface area contributed by atoms with Crippen LogP contribution in [0.5, 0.6) is 0 Å². The van der Waals surface area contributed by atoms with Crippen LogP contribution in [0.3, 0.4) is 0 Å². The lowest BCUT2D eigenvalue weighted by Gasteiger charge is -2.57. The minimum absolute atomic E-state index is 0.310. The Morgan fingerprint density at radius 2 is 1.79 bits per heavy atom. The van der Waals surface area contributed by atoms with E-state index in [4.69, 9.17) is 0 Å². The Morgan fingerprint density at radius 1 is 1.16 bits per heavy atom. The maximum atomic E-state index is 12.6. The van der Waals surface area contributed by atoms with Crippen molar-refractivity contribution >= 4 is 0 Å². The van der Waals surface area contributed by atoms with E-state index in [1.807, 2.05) is 10.9 Å². The Balaban J connectivity index is 1.57. The first-order chi connectivity index (χ1) is 9.26. The monoisotopic (exact) mass is 262 g/mol. The molecule has 0 radical (unpaired) electrons. The van der Waals surface area contributed by atoms with Crippen molar-refractivity contribution in [3.8, 4) is 0 Å². The van der Waals surface area contributed by atoms with Gasteiger partial charge in [0.05, 0.1) is 6.54 Å². The molecule has 4 aliphatic carbocycles. The number of nitrogens with zero attached hydrogens (tertiary/aromatic N) is 2. The molecule has 0 amide bonds. The molecule has 0 N–H and O–H groups in total. The number of aryl methyl sites for hydroxylation is 1. The van der Waals surface area contributed by atoms with Crippen LogP contribution < -0.4 is 0 Å². The molecule has 0 saturated heterocycles. The van der Waals surface area contributed by atoms with Crippen LogP contribution in [0.25, 0.3) is 0 Å². The van der Waals surface area contributed by atoms with Gasteiger partial charge in [0.15, 0.2) is 0 Å². The smallest absolute Gasteiger partial charge is 0.109 e. The van der Waals surface area contributed by atoms with Crippen molar-refractivity contribution in [2.75, 3.05) is 6.67 Å². The summed E-state index contributed by atoms with van der Waals surface area (Å²) in [5.74, 6) is 2.97. The topological polar surface area (TPSA) is 17.8 Å². The minimum atomic E-state index is -0.310. The van der Waals surface area contributed by atoms with Crippen LogP contribution in [0.1, 0.15) is 44.2 Å². The highest BCUT2D eigenvalue weighted by molar-refractivity contribution is 5.10. The molecule has 2 nitrogen and oxygen atoms in total. The van der Waals surface area contributed by atoms with Crippen molar-refractivity contribution in [1.29, 1.82) is 0 Å². The van der Waals surface area contributed by atoms with E-state index in [0.29, 0.717) is 12.0 Å². The first kappa shape index (κ1) is 11.9. The Labute approximate surface area is 114 Å². The predicted octanol–water partition coefficient (Wildman–Crippen LogP) is 3.61. The summed E-state index contributed by atoms with van der Waals surface area (Å²) in [5.41, 5.74) is 1.79. The third-order valence-corrected chi connectivity index (χ3v) is 5.82.